The highest BCUT2D eigenvalue weighted by atomic mass is 15.2. The maximum atomic E-state index is 5.90. The molecule has 98 valence electrons. The Bertz CT molecular complexity index is 420. The molecule has 4 nitrogen and oxygen atoms in total. The molecule has 1 saturated heterocycles. The minimum atomic E-state index is 0.541. The van der Waals surface area contributed by atoms with Gasteiger partial charge in [-0.2, -0.15) is 0 Å². The Labute approximate surface area is 109 Å². The highest BCUT2D eigenvalue weighted by molar-refractivity contribution is 5.83. The third-order valence-corrected chi connectivity index (χ3v) is 3.27. The molecule has 0 aliphatic carbocycles. The van der Waals surface area contributed by atoms with Crippen LogP contribution in [-0.4, -0.2) is 38.0 Å². The lowest BCUT2D eigenvalue weighted by molar-refractivity contribution is 0.578. The van der Waals surface area contributed by atoms with E-state index in [-0.39, 0.29) is 0 Å². The van der Waals surface area contributed by atoms with Crippen LogP contribution in [0.15, 0.2) is 29.3 Å². The Balaban J connectivity index is 2.27. The van der Waals surface area contributed by atoms with E-state index < -0.39 is 0 Å². The van der Waals surface area contributed by atoms with Crippen LogP contribution in [0.4, 0.5) is 11.4 Å². The van der Waals surface area contributed by atoms with Crippen molar-refractivity contribution in [1.82, 2.24) is 4.90 Å². The molecule has 0 unspecified atom stereocenters. The summed E-state index contributed by atoms with van der Waals surface area (Å²) in [5.74, 6) is 0.541. The number of rotatable bonds is 2. The number of hydrogen-bond donors (Lipinski definition) is 1. The van der Waals surface area contributed by atoms with Gasteiger partial charge in [0, 0.05) is 27.2 Å². The molecule has 1 fully saturated rings. The number of anilines is 1. The van der Waals surface area contributed by atoms with Crippen LogP contribution in [0, 0.1) is 0 Å². The van der Waals surface area contributed by atoms with Crippen LogP contribution in [0.5, 0.6) is 0 Å². The molecule has 2 rings (SSSR count). The average Bonchev–Trinajstić information content (AvgIpc) is 2.40. The lowest BCUT2D eigenvalue weighted by Crippen LogP contribution is -2.31. The number of aliphatic imine (C=N–C) groups is 1. The highest BCUT2D eigenvalue weighted by Crippen LogP contribution is 2.30. The fourth-order valence-electron chi connectivity index (χ4n) is 2.18. The molecular formula is C14H22N4. The largest absolute Gasteiger partial charge is 0.370 e. The van der Waals surface area contributed by atoms with Gasteiger partial charge in [0.15, 0.2) is 5.96 Å². The van der Waals surface area contributed by atoms with Gasteiger partial charge in [0.05, 0.1) is 11.4 Å². The quantitative estimate of drug-likeness (QED) is 0.642. The zero-order chi connectivity index (χ0) is 13.0. The molecule has 1 heterocycles. The number of benzene rings is 1. The van der Waals surface area contributed by atoms with Gasteiger partial charge in [-0.1, -0.05) is 12.1 Å². The summed E-state index contributed by atoms with van der Waals surface area (Å²) in [5, 5.41) is 0. The van der Waals surface area contributed by atoms with Crippen molar-refractivity contribution in [1.29, 1.82) is 0 Å². The summed E-state index contributed by atoms with van der Waals surface area (Å²) < 4.78 is 0. The number of piperidine rings is 1. The predicted molar refractivity (Wildman–Crippen MR) is 77.5 cm³/mol. The smallest absolute Gasteiger partial charge is 0.196 e. The zero-order valence-electron chi connectivity index (χ0n) is 11.3. The second-order valence-electron chi connectivity index (χ2n) is 4.90. The second-order valence-corrected chi connectivity index (χ2v) is 4.90. The van der Waals surface area contributed by atoms with Crippen molar-refractivity contribution in [2.75, 3.05) is 32.1 Å². The molecular weight excluding hydrogens is 224 g/mol. The van der Waals surface area contributed by atoms with Gasteiger partial charge in [-0.05, 0) is 31.4 Å². The molecule has 1 aromatic carbocycles. The Kier molecular flexibility index (Phi) is 4.07. The Morgan fingerprint density at radius 2 is 1.83 bits per heavy atom. The monoisotopic (exact) mass is 246 g/mol. The average molecular weight is 246 g/mol. The van der Waals surface area contributed by atoms with E-state index in [0.717, 1.165) is 18.8 Å². The molecule has 0 spiro atoms. The van der Waals surface area contributed by atoms with Gasteiger partial charge in [-0.15, -0.1) is 0 Å². The Morgan fingerprint density at radius 1 is 1.17 bits per heavy atom. The fourth-order valence-corrected chi connectivity index (χ4v) is 2.18. The van der Waals surface area contributed by atoms with Gasteiger partial charge in [-0.3, -0.25) is 0 Å². The van der Waals surface area contributed by atoms with Crippen LogP contribution in [0.2, 0.25) is 0 Å². The molecule has 18 heavy (non-hydrogen) atoms. The van der Waals surface area contributed by atoms with Crippen LogP contribution in [0.3, 0.4) is 0 Å². The number of nitrogens with two attached hydrogens (primary N) is 1. The third-order valence-electron chi connectivity index (χ3n) is 3.27. The van der Waals surface area contributed by atoms with Crippen LogP contribution in [0.25, 0.3) is 0 Å². The molecule has 0 radical (unpaired) electrons. The Hall–Kier alpha value is -1.71. The van der Waals surface area contributed by atoms with E-state index in [2.05, 4.69) is 22.0 Å². The van der Waals surface area contributed by atoms with Crippen LogP contribution in [0.1, 0.15) is 19.3 Å². The molecule has 0 saturated carbocycles. The molecule has 2 N–H and O–H groups in total. The van der Waals surface area contributed by atoms with Crippen molar-refractivity contribution < 1.29 is 0 Å². The maximum absolute atomic E-state index is 5.90. The summed E-state index contributed by atoms with van der Waals surface area (Å²) in [6, 6.07) is 8.23. The standard InChI is InChI=1S/C14H22N4/c1-17(2)14(15)16-12-8-4-5-9-13(12)18-10-6-3-7-11-18/h4-5,8-9H,3,6-7,10-11H2,1-2H3,(H2,15,16). The first-order valence-corrected chi connectivity index (χ1v) is 6.54. The maximum Gasteiger partial charge on any atom is 0.196 e. The first-order chi connectivity index (χ1) is 8.68. The van der Waals surface area contributed by atoms with Crippen LogP contribution < -0.4 is 10.6 Å². The van der Waals surface area contributed by atoms with Crippen molar-refractivity contribution in [3.63, 3.8) is 0 Å². The van der Waals surface area contributed by atoms with Crippen molar-refractivity contribution in [2.24, 2.45) is 10.7 Å². The second kappa shape index (κ2) is 5.76. The van der Waals surface area contributed by atoms with Gasteiger partial charge in [-0.25, -0.2) is 4.99 Å². The lowest BCUT2D eigenvalue weighted by Gasteiger charge is -2.29. The minimum Gasteiger partial charge on any atom is -0.370 e. The SMILES string of the molecule is CN(C)/C(N)=N/c1ccccc1N1CCCCC1. The van der Waals surface area contributed by atoms with Crippen LogP contribution in [-0.2, 0) is 0 Å². The lowest BCUT2D eigenvalue weighted by atomic mass is 10.1. The summed E-state index contributed by atoms with van der Waals surface area (Å²) in [6.07, 6.45) is 3.87. The van der Waals surface area contributed by atoms with E-state index in [1.807, 2.05) is 31.1 Å². The molecule has 1 aromatic rings. The first-order valence-electron chi connectivity index (χ1n) is 6.54. The van der Waals surface area contributed by atoms with E-state index >= 15 is 0 Å². The molecule has 0 atom stereocenters. The Morgan fingerprint density at radius 3 is 2.50 bits per heavy atom. The number of hydrogen-bond acceptors (Lipinski definition) is 2. The van der Waals surface area contributed by atoms with Gasteiger partial charge in [0.1, 0.15) is 0 Å². The van der Waals surface area contributed by atoms with Gasteiger partial charge >= 0.3 is 0 Å². The number of para-hydroxylation sites is 2. The van der Waals surface area contributed by atoms with E-state index in [1.165, 1.54) is 24.9 Å². The first kappa shape index (κ1) is 12.7. The fraction of sp³-hybridized carbons (Fsp3) is 0.500. The summed E-state index contributed by atoms with van der Waals surface area (Å²) in [4.78, 5) is 8.75. The normalized spacial score (nSPS) is 16.8. The highest BCUT2D eigenvalue weighted by Gasteiger charge is 2.14. The predicted octanol–water partition coefficient (Wildman–Crippen LogP) is 2.18. The third kappa shape index (κ3) is 2.94. The van der Waals surface area contributed by atoms with Crippen molar-refractivity contribution in [3.05, 3.63) is 24.3 Å². The minimum absolute atomic E-state index is 0.541. The molecule has 1 aliphatic rings. The summed E-state index contributed by atoms with van der Waals surface area (Å²) in [5.41, 5.74) is 8.06. The van der Waals surface area contributed by atoms with E-state index in [9.17, 15) is 0 Å². The molecule has 0 amide bonds. The van der Waals surface area contributed by atoms with Crippen molar-refractivity contribution in [3.8, 4) is 0 Å². The molecule has 1 aliphatic heterocycles. The molecule has 0 aromatic heterocycles. The molecule has 4 heteroatoms. The van der Waals surface area contributed by atoms with E-state index in [4.69, 9.17) is 5.73 Å². The van der Waals surface area contributed by atoms with E-state index in [1.54, 1.807) is 0 Å². The summed E-state index contributed by atoms with van der Waals surface area (Å²) in [7, 11) is 3.81. The van der Waals surface area contributed by atoms with Crippen molar-refractivity contribution in [2.45, 2.75) is 19.3 Å². The summed E-state index contributed by atoms with van der Waals surface area (Å²) in [6.45, 7) is 2.24. The summed E-state index contributed by atoms with van der Waals surface area (Å²) >= 11 is 0. The van der Waals surface area contributed by atoms with Crippen LogP contribution >= 0.6 is 0 Å². The number of guanidine groups is 1. The van der Waals surface area contributed by atoms with Gasteiger partial charge in [0.25, 0.3) is 0 Å². The van der Waals surface area contributed by atoms with Gasteiger partial charge < -0.3 is 15.5 Å². The van der Waals surface area contributed by atoms with Gasteiger partial charge in [0.2, 0.25) is 0 Å². The zero-order valence-corrected chi connectivity index (χ0v) is 11.3. The van der Waals surface area contributed by atoms with E-state index in [0.29, 0.717) is 5.96 Å². The molecule has 0 bridgehead atoms. The van der Waals surface area contributed by atoms with Crippen molar-refractivity contribution >= 4 is 17.3 Å². The topological polar surface area (TPSA) is 44.9 Å². The number of nitrogens with zero attached hydrogens (tertiary/aromatic N) is 3.